The van der Waals surface area contributed by atoms with Crippen LogP contribution in [0.4, 0.5) is 11.7 Å². The number of aromatic nitrogens is 2. The van der Waals surface area contributed by atoms with Gasteiger partial charge in [0.15, 0.2) is 6.61 Å². The molecule has 4 aromatic rings. The third-order valence-corrected chi connectivity index (χ3v) is 3.59. The van der Waals surface area contributed by atoms with Gasteiger partial charge in [0.05, 0.1) is 0 Å². The predicted octanol–water partition coefficient (Wildman–Crippen LogP) is 4.55. The average molecular weight is 317 g/mol. The highest BCUT2D eigenvalue weighted by Crippen LogP contribution is 2.26. The highest BCUT2D eigenvalue weighted by atomic mass is 16.5. The molecule has 5 heteroatoms. The number of nitrogens with one attached hydrogen (secondary N) is 1. The van der Waals surface area contributed by atoms with Gasteiger partial charge in [-0.1, -0.05) is 59.7 Å². The molecule has 118 valence electrons. The summed E-state index contributed by atoms with van der Waals surface area (Å²) in [6, 6.07) is 24.0. The van der Waals surface area contributed by atoms with Gasteiger partial charge in [-0.3, -0.25) is 0 Å². The summed E-state index contributed by atoms with van der Waals surface area (Å²) in [6.45, 7) is 0.220. The Hall–Kier alpha value is -3.34. The monoisotopic (exact) mass is 317 g/mol. The Bertz CT molecular complexity index is 946. The fourth-order valence-electron chi connectivity index (χ4n) is 2.47. The van der Waals surface area contributed by atoms with E-state index >= 15 is 0 Å². The minimum atomic E-state index is 0.220. The smallest absolute Gasteiger partial charge is 0.320 e. The molecule has 0 radical (unpaired) electrons. The van der Waals surface area contributed by atoms with Crippen molar-refractivity contribution in [3.8, 4) is 5.75 Å². The van der Waals surface area contributed by atoms with Gasteiger partial charge < -0.3 is 14.5 Å². The van der Waals surface area contributed by atoms with E-state index in [1.807, 2.05) is 60.7 Å². The molecule has 0 amide bonds. The third-order valence-electron chi connectivity index (χ3n) is 3.59. The van der Waals surface area contributed by atoms with Gasteiger partial charge in [0, 0.05) is 11.1 Å². The first-order valence-electron chi connectivity index (χ1n) is 7.63. The zero-order valence-corrected chi connectivity index (χ0v) is 12.8. The first-order valence-corrected chi connectivity index (χ1v) is 7.63. The van der Waals surface area contributed by atoms with Crippen molar-refractivity contribution in [1.29, 1.82) is 0 Å². The van der Waals surface area contributed by atoms with Gasteiger partial charge >= 0.3 is 6.01 Å². The van der Waals surface area contributed by atoms with E-state index in [0.29, 0.717) is 11.9 Å². The Morgan fingerprint density at radius 3 is 2.54 bits per heavy atom. The van der Waals surface area contributed by atoms with Crippen molar-refractivity contribution in [1.82, 2.24) is 10.2 Å². The van der Waals surface area contributed by atoms with Crippen LogP contribution >= 0.6 is 0 Å². The van der Waals surface area contributed by atoms with E-state index in [0.717, 1.165) is 22.2 Å². The van der Waals surface area contributed by atoms with Gasteiger partial charge in [-0.2, -0.15) is 0 Å². The predicted molar refractivity (Wildman–Crippen MR) is 92.3 cm³/mol. The molecule has 0 atom stereocenters. The second-order valence-electron chi connectivity index (χ2n) is 5.26. The Kier molecular flexibility index (Phi) is 3.81. The topological polar surface area (TPSA) is 60.2 Å². The Labute approximate surface area is 138 Å². The summed E-state index contributed by atoms with van der Waals surface area (Å²) in [7, 11) is 0. The second-order valence-corrected chi connectivity index (χ2v) is 5.26. The van der Waals surface area contributed by atoms with Crippen molar-refractivity contribution in [2.24, 2.45) is 0 Å². The van der Waals surface area contributed by atoms with Crippen molar-refractivity contribution in [3.05, 3.63) is 78.7 Å². The van der Waals surface area contributed by atoms with Gasteiger partial charge in [0.1, 0.15) is 5.75 Å². The first-order chi connectivity index (χ1) is 11.9. The van der Waals surface area contributed by atoms with Crippen LogP contribution in [0, 0.1) is 0 Å². The molecule has 0 aliphatic heterocycles. The second kappa shape index (κ2) is 6.42. The minimum absolute atomic E-state index is 0.220. The number of ether oxygens (including phenoxy) is 1. The number of hydrogen-bond donors (Lipinski definition) is 1. The van der Waals surface area contributed by atoms with E-state index in [-0.39, 0.29) is 6.61 Å². The minimum Gasteiger partial charge on any atom is -0.483 e. The van der Waals surface area contributed by atoms with Crippen LogP contribution in [0.2, 0.25) is 0 Å². The lowest BCUT2D eigenvalue weighted by molar-refractivity contribution is 0.268. The molecule has 0 aliphatic rings. The molecule has 0 aliphatic carbocycles. The molecule has 0 saturated carbocycles. The molecule has 0 saturated heterocycles. The number of hydrogen-bond acceptors (Lipinski definition) is 5. The van der Waals surface area contributed by atoms with Gasteiger partial charge in [-0.05, 0) is 23.6 Å². The van der Waals surface area contributed by atoms with E-state index in [1.54, 1.807) is 0 Å². The van der Waals surface area contributed by atoms with Crippen LogP contribution in [0.5, 0.6) is 5.75 Å². The van der Waals surface area contributed by atoms with Crippen LogP contribution < -0.4 is 10.1 Å². The molecule has 0 unspecified atom stereocenters. The molecule has 3 aromatic carbocycles. The molecule has 4 rings (SSSR count). The van der Waals surface area contributed by atoms with Crippen LogP contribution in [0.1, 0.15) is 5.89 Å². The van der Waals surface area contributed by atoms with Crippen LogP contribution in [-0.4, -0.2) is 10.2 Å². The number of fused-ring (bicyclic) bond motifs is 1. The lowest BCUT2D eigenvalue weighted by atomic mass is 10.1. The third kappa shape index (κ3) is 3.05. The molecule has 5 nitrogen and oxygen atoms in total. The summed E-state index contributed by atoms with van der Waals surface area (Å²) < 4.78 is 11.4. The Morgan fingerprint density at radius 2 is 1.62 bits per heavy atom. The fourth-order valence-corrected chi connectivity index (χ4v) is 2.47. The quantitative estimate of drug-likeness (QED) is 0.585. The van der Waals surface area contributed by atoms with E-state index in [4.69, 9.17) is 9.15 Å². The molecule has 24 heavy (non-hydrogen) atoms. The van der Waals surface area contributed by atoms with Crippen molar-refractivity contribution in [3.63, 3.8) is 0 Å². The summed E-state index contributed by atoms with van der Waals surface area (Å²) in [4.78, 5) is 0. The van der Waals surface area contributed by atoms with Crippen molar-refractivity contribution in [2.75, 3.05) is 5.32 Å². The maximum absolute atomic E-state index is 5.84. The highest BCUT2D eigenvalue weighted by molar-refractivity contribution is 5.88. The van der Waals surface area contributed by atoms with Crippen molar-refractivity contribution >= 4 is 22.5 Å². The zero-order chi connectivity index (χ0) is 16.2. The molecule has 0 fully saturated rings. The van der Waals surface area contributed by atoms with Gasteiger partial charge in [0.25, 0.3) is 5.89 Å². The number of para-hydroxylation sites is 1. The van der Waals surface area contributed by atoms with Crippen LogP contribution in [0.15, 0.2) is 77.2 Å². The highest BCUT2D eigenvalue weighted by Gasteiger charge is 2.08. The van der Waals surface area contributed by atoms with E-state index in [9.17, 15) is 0 Å². The van der Waals surface area contributed by atoms with Crippen molar-refractivity contribution in [2.45, 2.75) is 6.61 Å². The summed E-state index contributed by atoms with van der Waals surface area (Å²) >= 11 is 0. The Balaban J connectivity index is 1.46. The molecular weight excluding hydrogens is 302 g/mol. The zero-order valence-electron chi connectivity index (χ0n) is 12.8. The van der Waals surface area contributed by atoms with Crippen LogP contribution in [0.3, 0.4) is 0 Å². The van der Waals surface area contributed by atoms with Gasteiger partial charge in [-0.25, -0.2) is 0 Å². The number of anilines is 2. The lowest BCUT2D eigenvalue weighted by Gasteiger charge is -2.07. The molecular formula is C19H15N3O2. The fraction of sp³-hybridized carbons (Fsp3) is 0.0526. The lowest BCUT2D eigenvalue weighted by Crippen LogP contribution is -1.96. The summed E-state index contributed by atoms with van der Waals surface area (Å²) in [5.74, 6) is 1.21. The summed E-state index contributed by atoms with van der Waals surface area (Å²) in [5, 5.41) is 13.2. The maximum atomic E-state index is 5.84. The normalized spacial score (nSPS) is 10.7. The van der Waals surface area contributed by atoms with E-state index in [1.165, 1.54) is 0 Å². The van der Waals surface area contributed by atoms with E-state index < -0.39 is 0 Å². The SMILES string of the molecule is c1ccc(Nc2nnc(COc3cccc4ccccc34)o2)cc1. The number of benzene rings is 3. The average Bonchev–Trinajstić information content (AvgIpc) is 3.08. The standard InChI is InChI=1S/C19H15N3O2/c1-2-9-15(10-3-1)20-19-22-21-18(24-19)13-23-17-12-6-8-14-7-4-5-11-16(14)17/h1-12H,13H2,(H,20,22). The van der Waals surface area contributed by atoms with Gasteiger partial charge in [-0.15, -0.1) is 5.10 Å². The van der Waals surface area contributed by atoms with Gasteiger partial charge in [0.2, 0.25) is 0 Å². The Morgan fingerprint density at radius 1 is 0.833 bits per heavy atom. The number of rotatable bonds is 5. The summed E-state index contributed by atoms with van der Waals surface area (Å²) in [5.41, 5.74) is 0.891. The largest absolute Gasteiger partial charge is 0.483 e. The number of nitrogens with zero attached hydrogens (tertiary/aromatic N) is 2. The molecule has 1 aromatic heterocycles. The molecule has 0 bridgehead atoms. The molecule has 1 N–H and O–H groups in total. The van der Waals surface area contributed by atoms with E-state index in [2.05, 4.69) is 27.6 Å². The van der Waals surface area contributed by atoms with Crippen LogP contribution in [0.25, 0.3) is 10.8 Å². The van der Waals surface area contributed by atoms with Crippen molar-refractivity contribution < 1.29 is 9.15 Å². The first kappa shape index (κ1) is 14.3. The molecule has 1 heterocycles. The summed E-state index contributed by atoms with van der Waals surface area (Å²) in [6.07, 6.45) is 0. The molecule has 0 spiro atoms. The maximum Gasteiger partial charge on any atom is 0.320 e. The van der Waals surface area contributed by atoms with Crippen LogP contribution in [-0.2, 0) is 6.61 Å².